The number of rotatable bonds is 10. The molecule has 0 radical (unpaired) electrons. The van der Waals surface area contributed by atoms with Crippen molar-refractivity contribution in [2.24, 2.45) is 0 Å². The molecule has 9 heteroatoms. The van der Waals surface area contributed by atoms with Gasteiger partial charge in [0, 0.05) is 38.9 Å². The fourth-order valence-corrected chi connectivity index (χ4v) is 2.80. The van der Waals surface area contributed by atoms with E-state index in [1.165, 1.54) is 6.20 Å². The summed E-state index contributed by atoms with van der Waals surface area (Å²) in [6.45, 7) is 2.77. The van der Waals surface area contributed by atoms with Crippen LogP contribution >= 0.6 is 0 Å². The molecule has 20 heavy (non-hydrogen) atoms. The maximum atomic E-state index is 12.1. The van der Waals surface area contributed by atoms with E-state index in [-0.39, 0.29) is 5.03 Å². The zero-order chi connectivity index (χ0) is 15.0. The van der Waals surface area contributed by atoms with Crippen LogP contribution in [-0.4, -0.2) is 71.0 Å². The Morgan fingerprint density at radius 1 is 1.45 bits per heavy atom. The SMILES string of the molecule is CNCc1cn[nH]c1S(=O)(=O)NCCN(C)CCOC. The molecular weight excluding hydrogens is 282 g/mol. The van der Waals surface area contributed by atoms with Crippen molar-refractivity contribution in [2.75, 3.05) is 47.4 Å². The van der Waals surface area contributed by atoms with Crippen LogP contribution in [0.4, 0.5) is 0 Å². The van der Waals surface area contributed by atoms with Gasteiger partial charge in [-0.15, -0.1) is 0 Å². The van der Waals surface area contributed by atoms with Gasteiger partial charge in [-0.3, -0.25) is 5.10 Å². The van der Waals surface area contributed by atoms with Crippen LogP contribution in [0.25, 0.3) is 0 Å². The molecule has 0 aliphatic carbocycles. The number of aromatic amines is 1. The zero-order valence-corrected chi connectivity index (χ0v) is 13.0. The van der Waals surface area contributed by atoms with Crippen molar-refractivity contribution >= 4 is 10.0 Å². The second-order valence-corrected chi connectivity index (χ2v) is 6.15. The number of hydrogen-bond donors (Lipinski definition) is 3. The van der Waals surface area contributed by atoms with Crippen molar-refractivity contribution < 1.29 is 13.2 Å². The lowest BCUT2D eigenvalue weighted by atomic mass is 10.4. The molecule has 0 amide bonds. The van der Waals surface area contributed by atoms with E-state index >= 15 is 0 Å². The summed E-state index contributed by atoms with van der Waals surface area (Å²) in [5, 5.41) is 9.33. The smallest absolute Gasteiger partial charge is 0.257 e. The quantitative estimate of drug-likeness (QED) is 0.512. The first kappa shape index (κ1) is 17.1. The Morgan fingerprint density at radius 3 is 2.85 bits per heavy atom. The van der Waals surface area contributed by atoms with Gasteiger partial charge in [0.15, 0.2) is 5.03 Å². The number of H-pyrrole nitrogens is 1. The number of nitrogens with one attached hydrogen (secondary N) is 3. The molecular formula is C11H23N5O3S. The Kier molecular flexibility index (Phi) is 7.10. The lowest BCUT2D eigenvalue weighted by Crippen LogP contribution is -2.35. The molecule has 0 saturated heterocycles. The highest BCUT2D eigenvalue weighted by molar-refractivity contribution is 7.89. The van der Waals surface area contributed by atoms with E-state index in [4.69, 9.17) is 4.74 Å². The monoisotopic (exact) mass is 305 g/mol. The van der Waals surface area contributed by atoms with Gasteiger partial charge in [0.25, 0.3) is 10.0 Å². The van der Waals surface area contributed by atoms with E-state index in [1.807, 2.05) is 11.9 Å². The number of hydrogen-bond acceptors (Lipinski definition) is 6. The molecule has 1 heterocycles. The Balaban J connectivity index is 2.51. The largest absolute Gasteiger partial charge is 0.383 e. The van der Waals surface area contributed by atoms with E-state index in [1.54, 1.807) is 14.2 Å². The molecule has 0 bridgehead atoms. The number of sulfonamides is 1. The molecule has 0 aliphatic heterocycles. The second-order valence-electron chi connectivity index (χ2n) is 4.45. The molecule has 1 rings (SSSR count). The summed E-state index contributed by atoms with van der Waals surface area (Å²) < 4.78 is 31.8. The fourth-order valence-electron chi connectivity index (χ4n) is 1.65. The van der Waals surface area contributed by atoms with Gasteiger partial charge in [-0.1, -0.05) is 0 Å². The Hall–Kier alpha value is -1.00. The van der Waals surface area contributed by atoms with Gasteiger partial charge in [-0.05, 0) is 14.1 Å². The predicted molar refractivity (Wildman–Crippen MR) is 75.9 cm³/mol. The highest BCUT2D eigenvalue weighted by atomic mass is 32.2. The van der Waals surface area contributed by atoms with Crippen molar-refractivity contribution in [1.82, 2.24) is 25.1 Å². The van der Waals surface area contributed by atoms with Gasteiger partial charge >= 0.3 is 0 Å². The molecule has 1 aromatic rings. The Morgan fingerprint density at radius 2 is 2.20 bits per heavy atom. The van der Waals surface area contributed by atoms with Crippen LogP contribution in [0, 0.1) is 0 Å². The summed E-state index contributed by atoms with van der Waals surface area (Å²) in [6.07, 6.45) is 1.51. The zero-order valence-electron chi connectivity index (χ0n) is 12.1. The van der Waals surface area contributed by atoms with Gasteiger partial charge in [-0.25, -0.2) is 13.1 Å². The summed E-state index contributed by atoms with van der Waals surface area (Å²) in [4.78, 5) is 1.99. The van der Waals surface area contributed by atoms with E-state index in [0.29, 0.717) is 31.8 Å². The standard InChI is InChI=1S/C11H23N5O3S/c1-12-8-10-9-13-15-11(10)20(17,18)14-4-5-16(2)6-7-19-3/h9,12,14H,4-8H2,1-3H3,(H,13,15). The third-order valence-electron chi connectivity index (χ3n) is 2.78. The van der Waals surface area contributed by atoms with Crippen LogP contribution < -0.4 is 10.0 Å². The molecule has 0 aromatic carbocycles. The highest BCUT2D eigenvalue weighted by Crippen LogP contribution is 2.10. The number of methoxy groups -OCH3 is 1. The minimum atomic E-state index is -3.55. The average molecular weight is 305 g/mol. The molecule has 8 nitrogen and oxygen atoms in total. The van der Waals surface area contributed by atoms with Gasteiger partial charge < -0.3 is 15.0 Å². The van der Waals surface area contributed by atoms with Crippen molar-refractivity contribution in [3.63, 3.8) is 0 Å². The maximum Gasteiger partial charge on any atom is 0.257 e. The number of nitrogens with zero attached hydrogens (tertiary/aromatic N) is 2. The summed E-state index contributed by atoms with van der Waals surface area (Å²) in [6, 6.07) is 0. The summed E-state index contributed by atoms with van der Waals surface area (Å²) in [5.41, 5.74) is 0.618. The topological polar surface area (TPSA) is 99.3 Å². The van der Waals surface area contributed by atoms with Gasteiger partial charge in [0.2, 0.25) is 0 Å². The minimum Gasteiger partial charge on any atom is -0.383 e. The molecule has 3 N–H and O–H groups in total. The van der Waals surface area contributed by atoms with Crippen molar-refractivity contribution in [3.05, 3.63) is 11.8 Å². The second kappa shape index (κ2) is 8.32. The lowest BCUT2D eigenvalue weighted by Gasteiger charge is -2.16. The first-order valence-corrected chi connectivity index (χ1v) is 7.83. The molecule has 0 spiro atoms. The lowest BCUT2D eigenvalue weighted by molar-refractivity contribution is 0.162. The molecule has 116 valence electrons. The van der Waals surface area contributed by atoms with E-state index in [9.17, 15) is 8.42 Å². The normalized spacial score (nSPS) is 12.2. The van der Waals surface area contributed by atoms with Crippen LogP contribution in [0.5, 0.6) is 0 Å². The number of likely N-dealkylation sites (N-methyl/N-ethyl adjacent to an activating group) is 1. The molecule has 1 aromatic heterocycles. The van der Waals surface area contributed by atoms with Crippen molar-refractivity contribution in [1.29, 1.82) is 0 Å². The van der Waals surface area contributed by atoms with Crippen LogP contribution in [0.1, 0.15) is 5.56 Å². The third kappa shape index (κ3) is 5.17. The van der Waals surface area contributed by atoms with Gasteiger partial charge in [0.1, 0.15) is 0 Å². The van der Waals surface area contributed by atoms with Crippen LogP contribution in [0.15, 0.2) is 11.2 Å². The van der Waals surface area contributed by atoms with Crippen LogP contribution in [0.2, 0.25) is 0 Å². The van der Waals surface area contributed by atoms with E-state index in [0.717, 1.165) is 6.54 Å². The third-order valence-corrected chi connectivity index (χ3v) is 4.25. The molecule has 0 saturated carbocycles. The van der Waals surface area contributed by atoms with Gasteiger partial charge in [0.05, 0.1) is 12.8 Å². The molecule has 0 fully saturated rings. The minimum absolute atomic E-state index is 0.117. The number of ether oxygens (including phenoxy) is 1. The Labute approximate surface area is 119 Å². The first-order chi connectivity index (χ1) is 9.51. The average Bonchev–Trinajstić information content (AvgIpc) is 2.85. The molecule has 0 atom stereocenters. The van der Waals surface area contributed by atoms with Crippen molar-refractivity contribution in [3.8, 4) is 0 Å². The van der Waals surface area contributed by atoms with Crippen LogP contribution in [-0.2, 0) is 21.3 Å². The van der Waals surface area contributed by atoms with Gasteiger partial charge in [-0.2, -0.15) is 5.10 Å². The highest BCUT2D eigenvalue weighted by Gasteiger charge is 2.19. The summed E-state index contributed by atoms with van der Waals surface area (Å²) in [7, 11) is 1.75. The molecule has 0 unspecified atom stereocenters. The summed E-state index contributed by atoms with van der Waals surface area (Å²) in [5.74, 6) is 0. The first-order valence-electron chi connectivity index (χ1n) is 6.35. The Bertz CT molecular complexity index is 488. The predicted octanol–water partition coefficient (Wildman–Crippen LogP) is -1.01. The van der Waals surface area contributed by atoms with E-state index < -0.39 is 10.0 Å². The fraction of sp³-hybridized carbons (Fsp3) is 0.727. The van der Waals surface area contributed by atoms with Crippen molar-refractivity contribution in [2.45, 2.75) is 11.6 Å². The molecule has 0 aliphatic rings. The van der Waals surface area contributed by atoms with E-state index in [2.05, 4.69) is 20.2 Å². The van der Waals surface area contributed by atoms with Crippen LogP contribution in [0.3, 0.4) is 0 Å². The maximum absolute atomic E-state index is 12.1. The number of aromatic nitrogens is 2. The summed E-state index contributed by atoms with van der Waals surface area (Å²) >= 11 is 0.